The largest absolute Gasteiger partial charge is 0.391 e. The number of piperazine rings is 1. The van der Waals surface area contributed by atoms with Gasteiger partial charge < -0.3 is 9.84 Å². The van der Waals surface area contributed by atoms with Crippen molar-refractivity contribution in [1.82, 2.24) is 9.80 Å². The lowest BCUT2D eigenvalue weighted by Gasteiger charge is -2.43. The monoisotopic (exact) mass is 228 g/mol. The summed E-state index contributed by atoms with van der Waals surface area (Å²) in [5.74, 6) is 0. The Bertz CT molecular complexity index is 215. The third-order valence-electron chi connectivity index (χ3n) is 3.84. The molecule has 4 nitrogen and oxygen atoms in total. The zero-order valence-corrected chi connectivity index (χ0v) is 10.4. The van der Waals surface area contributed by atoms with E-state index in [-0.39, 0.29) is 12.1 Å². The molecule has 0 bridgehead atoms. The predicted octanol–water partition coefficient (Wildman–Crippen LogP) is 0.162. The van der Waals surface area contributed by atoms with Crippen molar-refractivity contribution in [1.29, 1.82) is 0 Å². The standard InChI is InChI=1S/C12H24N2O2/c1-10(2)13-4-6-14(7-5-13)11-9-16-8-3-12(11)15/h10-12,15H,3-9H2,1-2H3. The highest BCUT2D eigenvalue weighted by molar-refractivity contribution is 4.85. The molecule has 2 unspecified atom stereocenters. The first-order valence-corrected chi connectivity index (χ1v) is 6.42. The summed E-state index contributed by atoms with van der Waals surface area (Å²) in [7, 11) is 0. The molecule has 0 aromatic carbocycles. The van der Waals surface area contributed by atoms with Crippen molar-refractivity contribution in [3.8, 4) is 0 Å². The zero-order valence-electron chi connectivity index (χ0n) is 10.4. The minimum Gasteiger partial charge on any atom is -0.391 e. The molecular formula is C12H24N2O2. The van der Waals surface area contributed by atoms with Crippen LogP contribution in [0.25, 0.3) is 0 Å². The Labute approximate surface area is 98.2 Å². The van der Waals surface area contributed by atoms with Gasteiger partial charge in [-0.2, -0.15) is 0 Å². The molecule has 0 radical (unpaired) electrons. The number of hydrogen-bond acceptors (Lipinski definition) is 4. The highest BCUT2D eigenvalue weighted by atomic mass is 16.5. The molecule has 2 atom stereocenters. The number of aliphatic hydroxyl groups excluding tert-OH is 1. The Balaban J connectivity index is 1.83. The van der Waals surface area contributed by atoms with Gasteiger partial charge in [0.15, 0.2) is 0 Å². The molecule has 2 heterocycles. The van der Waals surface area contributed by atoms with Crippen molar-refractivity contribution >= 4 is 0 Å². The molecule has 0 aliphatic carbocycles. The fraction of sp³-hybridized carbons (Fsp3) is 1.00. The summed E-state index contributed by atoms with van der Waals surface area (Å²) in [5, 5.41) is 9.96. The average molecular weight is 228 g/mol. The van der Waals surface area contributed by atoms with E-state index in [9.17, 15) is 5.11 Å². The van der Waals surface area contributed by atoms with Gasteiger partial charge in [0.05, 0.1) is 18.8 Å². The van der Waals surface area contributed by atoms with Gasteiger partial charge >= 0.3 is 0 Å². The normalized spacial score (nSPS) is 34.5. The van der Waals surface area contributed by atoms with Crippen LogP contribution in [-0.2, 0) is 4.74 Å². The summed E-state index contributed by atoms with van der Waals surface area (Å²) in [6.45, 7) is 10.2. The van der Waals surface area contributed by atoms with Crippen molar-refractivity contribution in [2.24, 2.45) is 0 Å². The Morgan fingerprint density at radius 1 is 1.19 bits per heavy atom. The number of hydrogen-bond donors (Lipinski definition) is 1. The van der Waals surface area contributed by atoms with Crippen LogP contribution in [0.3, 0.4) is 0 Å². The van der Waals surface area contributed by atoms with Crippen molar-refractivity contribution in [2.45, 2.75) is 38.5 Å². The lowest BCUT2D eigenvalue weighted by molar-refractivity contribution is -0.0732. The first-order chi connectivity index (χ1) is 7.68. The van der Waals surface area contributed by atoms with Crippen LogP contribution >= 0.6 is 0 Å². The average Bonchev–Trinajstić information content (AvgIpc) is 2.30. The van der Waals surface area contributed by atoms with E-state index in [1.165, 1.54) is 0 Å². The van der Waals surface area contributed by atoms with Gasteiger partial charge in [0.2, 0.25) is 0 Å². The Hall–Kier alpha value is -0.160. The van der Waals surface area contributed by atoms with Gasteiger partial charge in [-0.05, 0) is 20.3 Å². The van der Waals surface area contributed by atoms with E-state index in [1.807, 2.05) is 0 Å². The third-order valence-corrected chi connectivity index (χ3v) is 3.84. The maximum atomic E-state index is 9.96. The van der Waals surface area contributed by atoms with E-state index in [0.29, 0.717) is 19.3 Å². The molecule has 1 N–H and O–H groups in total. The molecular weight excluding hydrogens is 204 g/mol. The maximum Gasteiger partial charge on any atom is 0.0739 e. The van der Waals surface area contributed by atoms with Gasteiger partial charge in [0, 0.05) is 38.8 Å². The van der Waals surface area contributed by atoms with Crippen molar-refractivity contribution in [3.05, 3.63) is 0 Å². The molecule has 16 heavy (non-hydrogen) atoms. The van der Waals surface area contributed by atoms with E-state index in [2.05, 4.69) is 23.6 Å². The van der Waals surface area contributed by atoms with E-state index in [4.69, 9.17) is 4.74 Å². The number of aliphatic hydroxyl groups is 1. The number of ether oxygens (including phenoxy) is 1. The second-order valence-corrected chi connectivity index (χ2v) is 5.16. The van der Waals surface area contributed by atoms with Gasteiger partial charge in [-0.15, -0.1) is 0 Å². The summed E-state index contributed by atoms with van der Waals surface area (Å²) >= 11 is 0. The quantitative estimate of drug-likeness (QED) is 0.730. The smallest absolute Gasteiger partial charge is 0.0739 e. The lowest BCUT2D eigenvalue weighted by Crippen LogP contribution is -2.57. The highest BCUT2D eigenvalue weighted by Gasteiger charge is 2.31. The fourth-order valence-electron chi connectivity index (χ4n) is 2.65. The molecule has 0 aromatic rings. The minimum absolute atomic E-state index is 0.195. The van der Waals surface area contributed by atoms with Crippen LogP contribution in [0.1, 0.15) is 20.3 Å². The van der Waals surface area contributed by atoms with Gasteiger partial charge in [-0.1, -0.05) is 0 Å². The molecule has 2 saturated heterocycles. The van der Waals surface area contributed by atoms with Crippen molar-refractivity contribution in [3.63, 3.8) is 0 Å². The summed E-state index contributed by atoms with van der Waals surface area (Å²) in [4.78, 5) is 4.88. The molecule has 0 aromatic heterocycles. The van der Waals surface area contributed by atoms with E-state index in [1.54, 1.807) is 0 Å². The number of nitrogens with zero attached hydrogens (tertiary/aromatic N) is 2. The topological polar surface area (TPSA) is 35.9 Å². The van der Waals surface area contributed by atoms with Gasteiger partial charge in [-0.3, -0.25) is 9.80 Å². The zero-order chi connectivity index (χ0) is 11.5. The molecule has 0 amide bonds. The van der Waals surface area contributed by atoms with E-state index in [0.717, 1.165) is 32.6 Å². The number of rotatable bonds is 2. The molecule has 94 valence electrons. The van der Waals surface area contributed by atoms with Gasteiger partial charge in [0.25, 0.3) is 0 Å². The summed E-state index contributed by atoms with van der Waals surface area (Å²) in [5.41, 5.74) is 0. The van der Waals surface area contributed by atoms with Crippen molar-refractivity contribution in [2.75, 3.05) is 39.4 Å². The molecule has 0 saturated carbocycles. The van der Waals surface area contributed by atoms with Gasteiger partial charge in [0.1, 0.15) is 0 Å². The Morgan fingerprint density at radius 2 is 1.88 bits per heavy atom. The van der Waals surface area contributed by atoms with Gasteiger partial charge in [-0.25, -0.2) is 0 Å². The fourth-order valence-corrected chi connectivity index (χ4v) is 2.65. The molecule has 2 aliphatic heterocycles. The second-order valence-electron chi connectivity index (χ2n) is 5.16. The highest BCUT2D eigenvalue weighted by Crippen LogP contribution is 2.17. The van der Waals surface area contributed by atoms with Crippen LogP contribution in [0.2, 0.25) is 0 Å². The summed E-state index contributed by atoms with van der Waals surface area (Å²) < 4.78 is 5.46. The molecule has 2 rings (SSSR count). The summed E-state index contributed by atoms with van der Waals surface area (Å²) in [6, 6.07) is 0.859. The predicted molar refractivity (Wildman–Crippen MR) is 63.5 cm³/mol. The Kier molecular flexibility index (Phi) is 4.19. The van der Waals surface area contributed by atoms with Crippen LogP contribution < -0.4 is 0 Å². The van der Waals surface area contributed by atoms with Crippen LogP contribution in [0.5, 0.6) is 0 Å². The van der Waals surface area contributed by atoms with Crippen LogP contribution in [0, 0.1) is 0 Å². The second kappa shape index (κ2) is 5.45. The Morgan fingerprint density at radius 3 is 2.44 bits per heavy atom. The van der Waals surface area contributed by atoms with Crippen LogP contribution in [-0.4, -0.2) is 72.5 Å². The van der Waals surface area contributed by atoms with Crippen LogP contribution in [0.4, 0.5) is 0 Å². The maximum absolute atomic E-state index is 9.96. The lowest BCUT2D eigenvalue weighted by atomic mass is 10.0. The van der Waals surface area contributed by atoms with Crippen LogP contribution in [0.15, 0.2) is 0 Å². The van der Waals surface area contributed by atoms with Crippen molar-refractivity contribution < 1.29 is 9.84 Å². The van der Waals surface area contributed by atoms with E-state index >= 15 is 0 Å². The van der Waals surface area contributed by atoms with E-state index < -0.39 is 0 Å². The summed E-state index contributed by atoms with van der Waals surface area (Å²) in [6.07, 6.45) is 0.592. The molecule has 0 spiro atoms. The first kappa shape index (κ1) is 12.3. The SMILES string of the molecule is CC(C)N1CCN(C2COCCC2O)CC1. The molecule has 2 aliphatic rings. The third kappa shape index (κ3) is 2.74. The minimum atomic E-state index is -0.195. The molecule has 4 heteroatoms. The first-order valence-electron chi connectivity index (χ1n) is 6.42. The molecule has 2 fully saturated rings.